The molecule has 2 saturated heterocycles. The first kappa shape index (κ1) is 19.8. The van der Waals surface area contributed by atoms with Crippen LogP contribution in [0.4, 0.5) is 5.69 Å². The van der Waals surface area contributed by atoms with Crippen molar-refractivity contribution in [2.75, 3.05) is 58.3 Å². The van der Waals surface area contributed by atoms with Crippen molar-refractivity contribution in [2.45, 2.75) is 32.2 Å². The maximum absolute atomic E-state index is 5.51. The maximum Gasteiger partial charge on any atom is 0.191 e. The van der Waals surface area contributed by atoms with E-state index in [4.69, 9.17) is 4.74 Å². The van der Waals surface area contributed by atoms with Gasteiger partial charge in [-0.2, -0.15) is 0 Å². The molecule has 2 aliphatic heterocycles. The standard InChI is InChI=1S/C21H35N5O/c1-17-8-12-25(13-9-17)15-11-23-21(22-2)24-18-10-14-26(16-18)19-6-4-5-7-20(19)27-3/h4-7,17-18H,8-16H2,1-3H3,(H2,22,23,24). The number of aliphatic imine (C=N–C) groups is 1. The number of methoxy groups -OCH3 is 1. The number of nitrogens with one attached hydrogen (secondary N) is 2. The second-order valence-corrected chi connectivity index (χ2v) is 7.77. The average molecular weight is 374 g/mol. The summed E-state index contributed by atoms with van der Waals surface area (Å²) in [5, 5.41) is 7.07. The van der Waals surface area contributed by atoms with Gasteiger partial charge in [-0.05, 0) is 50.4 Å². The van der Waals surface area contributed by atoms with Gasteiger partial charge in [0, 0.05) is 39.3 Å². The fraction of sp³-hybridized carbons (Fsp3) is 0.667. The first-order valence-electron chi connectivity index (χ1n) is 10.3. The molecule has 0 aromatic heterocycles. The Bertz CT molecular complexity index is 612. The minimum Gasteiger partial charge on any atom is -0.495 e. The average Bonchev–Trinajstić information content (AvgIpc) is 3.17. The minimum atomic E-state index is 0.400. The summed E-state index contributed by atoms with van der Waals surface area (Å²) < 4.78 is 5.51. The van der Waals surface area contributed by atoms with Gasteiger partial charge in [-0.1, -0.05) is 19.1 Å². The van der Waals surface area contributed by atoms with Crippen molar-refractivity contribution < 1.29 is 4.74 Å². The second kappa shape index (κ2) is 9.83. The Morgan fingerprint density at radius 3 is 2.70 bits per heavy atom. The number of para-hydroxylation sites is 2. The molecule has 0 saturated carbocycles. The number of hydrogen-bond acceptors (Lipinski definition) is 4. The number of piperidine rings is 1. The molecule has 1 aromatic rings. The number of nitrogens with zero attached hydrogens (tertiary/aromatic N) is 3. The van der Waals surface area contributed by atoms with Crippen LogP contribution in [0.25, 0.3) is 0 Å². The summed E-state index contributed by atoms with van der Waals surface area (Å²) in [6, 6.07) is 8.65. The van der Waals surface area contributed by atoms with Crippen molar-refractivity contribution >= 4 is 11.6 Å². The van der Waals surface area contributed by atoms with Crippen molar-refractivity contribution in [3.63, 3.8) is 0 Å². The number of benzene rings is 1. The highest BCUT2D eigenvalue weighted by Crippen LogP contribution is 2.30. The highest BCUT2D eigenvalue weighted by molar-refractivity contribution is 5.80. The van der Waals surface area contributed by atoms with Gasteiger partial charge in [-0.3, -0.25) is 4.99 Å². The number of rotatable bonds is 6. The van der Waals surface area contributed by atoms with Crippen LogP contribution in [0.5, 0.6) is 5.75 Å². The van der Waals surface area contributed by atoms with E-state index in [-0.39, 0.29) is 0 Å². The van der Waals surface area contributed by atoms with Gasteiger partial charge in [0.05, 0.1) is 12.8 Å². The lowest BCUT2D eigenvalue weighted by molar-refractivity contribution is 0.195. The van der Waals surface area contributed by atoms with Crippen LogP contribution in [0.2, 0.25) is 0 Å². The van der Waals surface area contributed by atoms with Gasteiger partial charge in [-0.25, -0.2) is 0 Å². The van der Waals surface area contributed by atoms with Gasteiger partial charge < -0.3 is 25.2 Å². The smallest absolute Gasteiger partial charge is 0.191 e. The lowest BCUT2D eigenvalue weighted by Crippen LogP contribution is -2.47. The monoisotopic (exact) mass is 373 g/mol. The third-order valence-corrected chi connectivity index (χ3v) is 5.78. The molecule has 0 spiro atoms. The van der Waals surface area contributed by atoms with Crippen molar-refractivity contribution in [1.82, 2.24) is 15.5 Å². The molecular weight excluding hydrogens is 338 g/mol. The zero-order chi connectivity index (χ0) is 19.1. The molecule has 0 bridgehead atoms. The molecule has 2 N–H and O–H groups in total. The van der Waals surface area contributed by atoms with Gasteiger partial charge in [0.25, 0.3) is 0 Å². The molecule has 1 unspecified atom stereocenters. The summed E-state index contributed by atoms with van der Waals surface area (Å²) in [5.41, 5.74) is 1.17. The summed E-state index contributed by atoms with van der Waals surface area (Å²) in [6.45, 7) is 8.84. The number of likely N-dealkylation sites (tertiary alicyclic amines) is 1. The molecule has 2 aliphatic rings. The Morgan fingerprint density at radius 2 is 1.96 bits per heavy atom. The zero-order valence-corrected chi connectivity index (χ0v) is 17.1. The summed E-state index contributed by atoms with van der Waals surface area (Å²) in [4.78, 5) is 9.35. The molecule has 3 rings (SSSR count). The van der Waals surface area contributed by atoms with Crippen LogP contribution in [-0.2, 0) is 0 Å². The number of hydrogen-bond donors (Lipinski definition) is 2. The third-order valence-electron chi connectivity index (χ3n) is 5.78. The van der Waals surface area contributed by atoms with E-state index in [9.17, 15) is 0 Å². The van der Waals surface area contributed by atoms with Gasteiger partial charge in [0.2, 0.25) is 0 Å². The van der Waals surface area contributed by atoms with E-state index in [0.29, 0.717) is 6.04 Å². The van der Waals surface area contributed by atoms with Crippen LogP contribution in [0.3, 0.4) is 0 Å². The molecule has 6 nitrogen and oxygen atoms in total. The third kappa shape index (κ3) is 5.51. The van der Waals surface area contributed by atoms with Crippen molar-refractivity contribution in [2.24, 2.45) is 10.9 Å². The molecule has 1 atom stereocenters. The number of anilines is 1. The van der Waals surface area contributed by atoms with E-state index in [1.807, 2.05) is 19.2 Å². The van der Waals surface area contributed by atoms with Crippen molar-refractivity contribution in [3.8, 4) is 5.75 Å². The maximum atomic E-state index is 5.51. The van der Waals surface area contributed by atoms with E-state index in [1.165, 1.54) is 31.6 Å². The predicted octanol–water partition coefficient (Wildman–Crippen LogP) is 2.17. The first-order valence-corrected chi connectivity index (χ1v) is 10.3. The summed E-state index contributed by atoms with van der Waals surface area (Å²) in [5.74, 6) is 2.74. The van der Waals surface area contributed by atoms with Crippen molar-refractivity contribution in [3.05, 3.63) is 24.3 Å². The van der Waals surface area contributed by atoms with Gasteiger partial charge >= 0.3 is 0 Å². The summed E-state index contributed by atoms with van der Waals surface area (Å²) in [7, 11) is 3.59. The fourth-order valence-corrected chi connectivity index (χ4v) is 3.99. The van der Waals surface area contributed by atoms with E-state index in [2.05, 4.69) is 44.5 Å². The molecule has 2 fully saturated rings. The minimum absolute atomic E-state index is 0.400. The van der Waals surface area contributed by atoms with Crippen LogP contribution >= 0.6 is 0 Å². The van der Waals surface area contributed by atoms with Crippen molar-refractivity contribution in [1.29, 1.82) is 0 Å². The van der Waals surface area contributed by atoms with Gasteiger partial charge in [0.15, 0.2) is 5.96 Å². The van der Waals surface area contributed by atoms with E-state index in [1.54, 1.807) is 7.11 Å². The van der Waals surface area contributed by atoms with Crippen LogP contribution in [0.15, 0.2) is 29.3 Å². The first-order chi connectivity index (χ1) is 13.2. The zero-order valence-electron chi connectivity index (χ0n) is 17.1. The molecular formula is C21H35N5O. The van der Waals surface area contributed by atoms with E-state index >= 15 is 0 Å². The number of guanidine groups is 1. The van der Waals surface area contributed by atoms with Crippen LogP contribution in [0, 0.1) is 5.92 Å². The molecule has 27 heavy (non-hydrogen) atoms. The highest BCUT2D eigenvalue weighted by Gasteiger charge is 2.25. The SMILES string of the molecule is CN=C(NCCN1CCC(C)CC1)NC1CCN(c2ccccc2OC)C1. The van der Waals surface area contributed by atoms with Crippen LogP contribution in [0.1, 0.15) is 26.2 Å². The quantitative estimate of drug-likeness (QED) is 0.591. The predicted molar refractivity (Wildman–Crippen MR) is 113 cm³/mol. The fourth-order valence-electron chi connectivity index (χ4n) is 3.99. The molecule has 150 valence electrons. The van der Waals surface area contributed by atoms with E-state index in [0.717, 1.165) is 50.2 Å². The van der Waals surface area contributed by atoms with Crippen LogP contribution < -0.4 is 20.3 Å². The molecule has 2 heterocycles. The normalized spacial score (nSPS) is 22.1. The van der Waals surface area contributed by atoms with E-state index < -0.39 is 0 Å². The Hall–Kier alpha value is -1.95. The number of ether oxygens (including phenoxy) is 1. The molecule has 1 aromatic carbocycles. The summed E-state index contributed by atoms with van der Waals surface area (Å²) >= 11 is 0. The largest absolute Gasteiger partial charge is 0.495 e. The Balaban J connectivity index is 1.42. The molecule has 0 aliphatic carbocycles. The molecule has 0 amide bonds. The second-order valence-electron chi connectivity index (χ2n) is 7.77. The van der Waals surface area contributed by atoms with Gasteiger partial charge in [-0.15, -0.1) is 0 Å². The highest BCUT2D eigenvalue weighted by atomic mass is 16.5. The Kier molecular flexibility index (Phi) is 7.21. The Labute approximate surface area is 164 Å². The summed E-state index contributed by atoms with van der Waals surface area (Å²) in [6.07, 6.45) is 3.75. The lowest BCUT2D eigenvalue weighted by atomic mass is 9.99. The van der Waals surface area contributed by atoms with Crippen LogP contribution in [-0.4, -0.2) is 70.3 Å². The lowest BCUT2D eigenvalue weighted by Gasteiger charge is -2.30. The van der Waals surface area contributed by atoms with Gasteiger partial charge in [0.1, 0.15) is 5.75 Å². The molecule has 6 heteroatoms. The topological polar surface area (TPSA) is 52.1 Å². The molecule has 0 radical (unpaired) electrons. The Morgan fingerprint density at radius 1 is 1.19 bits per heavy atom.